The Morgan fingerprint density at radius 3 is 3.10 bits per heavy atom. The first-order valence-corrected chi connectivity index (χ1v) is 7.48. The minimum Gasteiger partial charge on any atom is -0.453 e. The SMILES string of the molecule is CCCn1cc(Oc2cc3c(cc2Br)C(N)C(=O)N3)cn1. The molecule has 1 aromatic heterocycles. The van der Waals surface area contributed by atoms with Crippen LogP contribution in [0.1, 0.15) is 24.9 Å². The monoisotopic (exact) mass is 350 g/mol. The van der Waals surface area contributed by atoms with Crippen LogP contribution in [0.25, 0.3) is 0 Å². The van der Waals surface area contributed by atoms with Crippen LogP contribution in [0.5, 0.6) is 11.5 Å². The van der Waals surface area contributed by atoms with Gasteiger partial charge >= 0.3 is 0 Å². The molecule has 1 aliphatic heterocycles. The highest BCUT2D eigenvalue weighted by molar-refractivity contribution is 9.10. The zero-order valence-electron chi connectivity index (χ0n) is 11.5. The summed E-state index contributed by atoms with van der Waals surface area (Å²) in [6.07, 6.45) is 4.51. The van der Waals surface area contributed by atoms with Crippen molar-refractivity contribution in [2.24, 2.45) is 5.73 Å². The van der Waals surface area contributed by atoms with Crippen LogP contribution < -0.4 is 15.8 Å². The average molecular weight is 351 g/mol. The van der Waals surface area contributed by atoms with Crippen LogP contribution in [0, 0.1) is 0 Å². The molecular formula is C14H15BrN4O2. The number of aryl methyl sites for hydroxylation is 1. The average Bonchev–Trinajstić information content (AvgIpc) is 2.99. The summed E-state index contributed by atoms with van der Waals surface area (Å²) >= 11 is 3.45. The Morgan fingerprint density at radius 2 is 2.33 bits per heavy atom. The minimum absolute atomic E-state index is 0.204. The van der Waals surface area contributed by atoms with Crippen LogP contribution in [0.4, 0.5) is 5.69 Å². The number of carbonyl (C=O) groups is 1. The van der Waals surface area contributed by atoms with Crippen molar-refractivity contribution in [2.75, 3.05) is 5.32 Å². The number of fused-ring (bicyclic) bond motifs is 1. The van der Waals surface area contributed by atoms with Crippen LogP contribution in [-0.4, -0.2) is 15.7 Å². The lowest BCUT2D eigenvalue weighted by Crippen LogP contribution is -2.19. The highest BCUT2D eigenvalue weighted by Crippen LogP contribution is 2.39. The first-order chi connectivity index (χ1) is 10.1. The predicted octanol–water partition coefficient (Wildman–Crippen LogP) is 2.80. The van der Waals surface area contributed by atoms with E-state index in [9.17, 15) is 4.79 Å². The summed E-state index contributed by atoms with van der Waals surface area (Å²) in [5.41, 5.74) is 7.26. The number of rotatable bonds is 4. The molecule has 0 bridgehead atoms. The molecule has 6 nitrogen and oxygen atoms in total. The van der Waals surface area contributed by atoms with Gasteiger partial charge in [0.05, 0.1) is 16.9 Å². The molecule has 0 radical (unpaired) electrons. The number of nitrogens with zero attached hydrogens (tertiary/aromatic N) is 2. The van der Waals surface area contributed by atoms with E-state index in [0.29, 0.717) is 17.2 Å². The Labute approximate surface area is 130 Å². The van der Waals surface area contributed by atoms with E-state index in [4.69, 9.17) is 10.5 Å². The summed E-state index contributed by atoms with van der Waals surface area (Å²) in [7, 11) is 0. The first kappa shape index (κ1) is 14.1. The van der Waals surface area contributed by atoms with Crippen LogP contribution >= 0.6 is 15.9 Å². The smallest absolute Gasteiger partial charge is 0.245 e. The van der Waals surface area contributed by atoms with Gasteiger partial charge in [0.1, 0.15) is 11.8 Å². The van der Waals surface area contributed by atoms with Crippen molar-refractivity contribution in [3.63, 3.8) is 0 Å². The number of ether oxygens (including phenoxy) is 1. The third-order valence-electron chi connectivity index (χ3n) is 3.27. The standard InChI is InChI=1S/C14H15BrN4O2/c1-2-3-19-7-8(6-17-19)21-12-5-11-9(4-10(12)15)13(16)14(20)18-11/h4-7,13H,2-3,16H2,1H3,(H,18,20). The molecular weight excluding hydrogens is 336 g/mol. The van der Waals surface area contributed by atoms with Gasteiger partial charge in [-0.1, -0.05) is 6.92 Å². The van der Waals surface area contributed by atoms with Crippen molar-refractivity contribution in [1.29, 1.82) is 0 Å². The Hall–Kier alpha value is -1.86. The van der Waals surface area contributed by atoms with Gasteiger partial charge < -0.3 is 15.8 Å². The van der Waals surface area contributed by atoms with Crippen molar-refractivity contribution in [3.8, 4) is 11.5 Å². The molecule has 1 aromatic carbocycles. The quantitative estimate of drug-likeness (QED) is 0.888. The Bertz CT molecular complexity index is 698. The molecule has 0 aliphatic carbocycles. The van der Waals surface area contributed by atoms with E-state index in [-0.39, 0.29) is 5.91 Å². The second-order valence-corrected chi connectivity index (χ2v) is 5.73. The first-order valence-electron chi connectivity index (χ1n) is 6.68. The maximum Gasteiger partial charge on any atom is 0.245 e. The van der Waals surface area contributed by atoms with Gasteiger partial charge in [-0.15, -0.1) is 0 Å². The summed E-state index contributed by atoms with van der Waals surface area (Å²) in [5, 5.41) is 6.96. The van der Waals surface area contributed by atoms with Crippen LogP contribution in [-0.2, 0) is 11.3 Å². The minimum atomic E-state index is -0.627. The van der Waals surface area contributed by atoms with Crippen molar-refractivity contribution in [3.05, 3.63) is 34.6 Å². The van der Waals surface area contributed by atoms with E-state index >= 15 is 0 Å². The molecule has 0 saturated heterocycles. The maximum absolute atomic E-state index is 11.6. The molecule has 0 spiro atoms. The predicted molar refractivity (Wildman–Crippen MR) is 82.3 cm³/mol. The number of benzene rings is 1. The number of hydrogen-bond acceptors (Lipinski definition) is 4. The number of nitrogens with one attached hydrogen (secondary N) is 1. The molecule has 2 aromatic rings. The second-order valence-electron chi connectivity index (χ2n) is 4.88. The largest absolute Gasteiger partial charge is 0.453 e. The summed E-state index contributed by atoms with van der Waals surface area (Å²) in [4.78, 5) is 11.6. The van der Waals surface area contributed by atoms with Gasteiger partial charge in [-0.05, 0) is 28.4 Å². The van der Waals surface area contributed by atoms with Gasteiger partial charge in [0.2, 0.25) is 5.91 Å². The van der Waals surface area contributed by atoms with Crippen LogP contribution in [0.3, 0.4) is 0 Å². The summed E-state index contributed by atoms with van der Waals surface area (Å²) in [5.74, 6) is 1.06. The number of nitrogens with two attached hydrogens (primary N) is 1. The number of aromatic nitrogens is 2. The molecule has 3 rings (SSSR count). The van der Waals surface area contributed by atoms with Crippen molar-refractivity contribution < 1.29 is 9.53 Å². The van der Waals surface area contributed by atoms with E-state index < -0.39 is 6.04 Å². The van der Waals surface area contributed by atoms with E-state index in [0.717, 1.165) is 23.0 Å². The maximum atomic E-state index is 11.6. The van der Waals surface area contributed by atoms with E-state index in [1.54, 1.807) is 12.3 Å². The van der Waals surface area contributed by atoms with Gasteiger partial charge in [-0.25, -0.2) is 0 Å². The van der Waals surface area contributed by atoms with Crippen LogP contribution in [0.15, 0.2) is 29.0 Å². The van der Waals surface area contributed by atoms with Gasteiger partial charge in [0, 0.05) is 23.9 Å². The summed E-state index contributed by atoms with van der Waals surface area (Å²) in [6, 6.07) is 2.95. The highest BCUT2D eigenvalue weighted by Gasteiger charge is 2.28. The molecule has 2 heterocycles. The van der Waals surface area contributed by atoms with Crippen molar-refractivity contribution in [2.45, 2.75) is 25.9 Å². The van der Waals surface area contributed by atoms with Crippen molar-refractivity contribution >= 4 is 27.5 Å². The number of carbonyl (C=O) groups excluding carboxylic acids is 1. The summed E-state index contributed by atoms with van der Waals surface area (Å²) in [6.45, 7) is 2.94. The third-order valence-corrected chi connectivity index (χ3v) is 3.89. The fraction of sp³-hybridized carbons (Fsp3) is 0.286. The zero-order chi connectivity index (χ0) is 15.0. The number of halogens is 1. The van der Waals surface area contributed by atoms with Gasteiger partial charge in [0.15, 0.2) is 5.75 Å². The summed E-state index contributed by atoms with van der Waals surface area (Å²) < 4.78 is 8.38. The Kier molecular flexibility index (Phi) is 3.69. The fourth-order valence-electron chi connectivity index (χ4n) is 2.24. The second kappa shape index (κ2) is 5.50. The fourth-order valence-corrected chi connectivity index (χ4v) is 2.68. The molecule has 110 valence electrons. The topological polar surface area (TPSA) is 82.2 Å². The molecule has 0 saturated carbocycles. The molecule has 1 atom stereocenters. The number of anilines is 1. The highest BCUT2D eigenvalue weighted by atomic mass is 79.9. The molecule has 7 heteroatoms. The molecule has 0 fully saturated rings. The van der Waals surface area contributed by atoms with E-state index in [2.05, 4.69) is 33.3 Å². The Balaban J connectivity index is 1.86. The van der Waals surface area contributed by atoms with E-state index in [1.165, 1.54) is 0 Å². The van der Waals surface area contributed by atoms with Crippen LogP contribution in [0.2, 0.25) is 0 Å². The molecule has 1 amide bonds. The number of hydrogen-bond donors (Lipinski definition) is 2. The normalized spacial score (nSPS) is 16.7. The molecule has 1 aliphatic rings. The Morgan fingerprint density at radius 1 is 1.52 bits per heavy atom. The van der Waals surface area contributed by atoms with Gasteiger partial charge in [-0.3, -0.25) is 9.48 Å². The molecule has 1 unspecified atom stereocenters. The van der Waals surface area contributed by atoms with Gasteiger partial charge in [0.25, 0.3) is 0 Å². The van der Waals surface area contributed by atoms with Gasteiger partial charge in [-0.2, -0.15) is 5.10 Å². The lowest BCUT2D eigenvalue weighted by molar-refractivity contribution is -0.116. The van der Waals surface area contributed by atoms with Crippen molar-refractivity contribution in [1.82, 2.24) is 9.78 Å². The molecule has 3 N–H and O–H groups in total. The number of amides is 1. The lowest BCUT2D eigenvalue weighted by Gasteiger charge is -2.09. The molecule has 21 heavy (non-hydrogen) atoms. The third kappa shape index (κ3) is 2.66. The van der Waals surface area contributed by atoms with E-state index in [1.807, 2.05) is 16.9 Å². The lowest BCUT2D eigenvalue weighted by atomic mass is 10.1. The zero-order valence-corrected chi connectivity index (χ0v) is 13.1.